The zero-order valence-electron chi connectivity index (χ0n) is 13.3. The van der Waals surface area contributed by atoms with Gasteiger partial charge in [-0.25, -0.2) is 4.98 Å². The van der Waals surface area contributed by atoms with Gasteiger partial charge in [0.25, 0.3) is 0 Å². The zero-order chi connectivity index (χ0) is 15.7. The van der Waals surface area contributed by atoms with Crippen LogP contribution in [0.4, 0.5) is 0 Å². The third-order valence-corrected chi connectivity index (χ3v) is 4.00. The molecule has 0 amide bonds. The molecule has 0 bridgehead atoms. The first-order chi connectivity index (χ1) is 9.98. The van der Waals surface area contributed by atoms with Gasteiger partial charge in [0.15, 0.2) is 5.16 Å². The molecule has 0 fully saturated rings. The first kappa shape index (κ1) is 18.0. The van der Waals surface area contributed by atoms with Crippen LogP contribution >= 0.6 is 11.8 Å². The molecule has 0 aliphatic heterocycles. The molecular weight excluding hydrogens is 288 g/mol. The molecule has 6 nitrogen and oxygen atoms in total. The van der Waals surface area contributed by atoms with E-state index in [0.29, 0.717) is 6.61 Å². The van der Waals surface area contributed by atoms with E-state index in [2.05, 4.69) is 20.5 Å². The van der Waals surface area contributed by atoms with Crippen LogP contribution in [0.5, 0.6) is 0 Å². The number of nitrogens with zero attached hydrogens (tertiary/aromatic N) is 2. The number of carbonyl (C=O) groups is 1. The SMILES string of the molecule is CCOC(=O)C(C)(CCCCSc1ncn[nH]1)NC(C)C. The van der Waals surface area contributed by atoms with E-state index < -0.39 is 5.54 Å². The summed E-state index contributed by atoms with van der Waals surface area (Å²) in [5.74, 6) is 0.789. The Morgan fingerprint density at radius 3 is 2.86 bits per heavy atom. The lowest BCUT2D eigenvalue weighted by Gasteiger charge is -2.30. The number of hydrogen-bond acceptors (Lipinski definition) is 6. The largest absolute Gasteiger partial charge is 0.465 e. The van der Waals surface area contributed by atoms with Crippen molar-refractivity contribution in [1.82, 2.24) is 20.5 Å². The Morgan fingerprint density at radius 1 is 1.52 bits per heavy atom. The van der Waals surface area contributed by atoms with Crippen LogP contribution in [0.15, 0.2) is 11.5 Å². The Kier molecular flexibility index (Phi) is 7.74. The van der Waals surface area contributed by atoms with E-state index in [9.17, 15) is 4.79 Å². The fraction of sp³-hybridized carbons (Fsp3) is 0.786. The molecule has 0 saturated heterocycles. The Bertz CT molecular complexity index is 411. The van der Waals surface area contributed by atoms with Crippen molar-refractivity contribution in [2.24, 2.45) is 0 Å². The second-order valence-corrected chi connectivity index (χ2v) is 6.53. The Morgan fingerprint density at radius 2 is 2.29 bits per heavy atom. The summed E-state index contributed by atoms with van der Waals surface area (Å²) >= 11 is 1.64. The van der Waals surface area contributed by atoms with Crippen molar-refractivity contribution < 1.29 is 9.53 Å². The van der Waals surface area contributed by atoms with E-state index in [-0.39, 0.29) is 12.0 Å². The van der Waals surface area contributed by atoms with E-state index >= 15 is 0 Å². The van der Waals surface area contributed by atoms with Gasteiger partial charge in [0.05, 0.1) is 6.61 Å². The fourth-order valence-electron chi connectivity index (χ4n) is 2.17. The summed E-state index contributed by atoms with van der Waals surface area (Å²) in [7, 11) is 0. The van der Waals surface area contributed by atoms with Crippen molar-refractivity contribution in [1.29, 1.82) is 0 Å². The number of carbonyl (C=O) groups excluding carboxylic acids is 1. The summed E-state index contributed by atoms with van der Waals surface area (Å²) in [6, 6.07) is 0.239. The maximum atomic E-state index is 12.1. The minimum absolute atomic E-state index is 0.165. The minimum atomic E-state index is -0.610. The molecule has 0 aliphatic carbocycles. The van der Waals surface area contributed by atoms with E-state index in [0.717, 1.165) is 30.2 Å². The molecule has 21 heavy (non-hydrogen) atoms. The number of ether oxygens (including phenoxy) is 1. The van der Waals surface area contributed by atoms with Crippen LogP contribution < -0.4 is 5.32 Å². The molecule has 7 heteroatoms. The van der Waals surface area contributed by atoms with Gasteiger partial charge in [-0.3, -0.25) is 15.2 Å². The molecule has 0 spiro atoms. The smallest absolute Gasteiger partial charge is 0.326 e. The second kappa shape index (κ2) is 9.04. The van der Waals surface area contributed by atoms with Gasteiger partial charge >= 0.3 is 5.97 Å². The summed E-state index contributed by atoms with van der Waals surface area (Å²) in [5.41, 5.74) is -0.610. The average molecular weight is 314 g/mol. The van der Waals surface area contributed by atoms with Crippen LogP contribution in [0.25, 0.3) is 0 Å². The number of thioether (sulfide) groups is 1. The van der Waals surface area contributed by atoms with Crippen LogP contribution in [0, 0.1) is 0 Å². The van der Waals surface area contributed by atoms with Crippen LogP contribution in [-0.2, 0) is 9.53 Å². The molecule has 0 aromatic carbocycles. The molecule has 1 unspecified atom stereocenters. The number of aromatic nitrogens is 3. The van der Waals surface area contributed by atoms with Gasteiger partial charge in [-0.1, -0.05) is 18.2 Å². The lowest BCUT2D eigenvalue weighted by molar-refractivity contribution is -0.151. The summed E-state index contributed by atoms with van der Waals surface area (Å²) in [6.07, 6.45) is 4.24. The lowest BCUT2D eigenvalue weighted by Crippen LogP contribution is -2.53. The van der Waals surface area contributed by atoms with Crippen LogP contribution in [0.1, 0.15) is 47.0 Å². The van der Waals surface area contributed by atoms with Gasteiger partial charge in [-0.05, 0) is 40.5 Å². The number of rotatable bonds is 10. The molecule has 1 aromatic rings. The molecule has 1 aromatic heterocycles. The van der Waals surface area contributed by atoms with E-state index in [4.69, 9.17) is 4.74 Å². The van der Waals surface area contributed by atoms with Crippen molar-refractivity contribution in [2.45, 2.75) is 63.7 Å². The van der Waals surface area contributed by atoms with Crippen molar-refractivity contribution in [3.63, 3.8) is 0 Å². The highest BCUT2D eigenvalue weighted by molar-refractivity contribution is 7.99. The molecule has 1 atom stereocenters. The Hall–Kier alpha value is -1.08. The highest BCUT2D eigenvalue weighted by atomic mass is 32.2. The quantitative estimate of drug-likeness (QED) is 0.392. The Labute approximate surface area is 130 Å². The summed E-state index contributed by atoms with van der Waals surface area (Å²) < 4.78 is 5.19. The molecule has 2 N–H and O–H groups in total. The van der Waals surface area contributed by atoms with Gasteiger partial charge in [0.1, 0.15) is 11.9 Å². The normalized spacial score (nSPS) is 14.1. The molecule has 1 rings (SSSR count). The molecule has 1 heterocycles. The highest BCUT2D eigenvalue weighted by Crippen LogP contribution is 2.20. The topological polar surface area (TPSA) is 79.9 Å². The van der Waals surface area contributed by atoms with Gasteiger partial charge < -0.3 is 4.74 Å². The van der Waals surface area contributed by atoms with Gasteiger partial charge in [-0.2, -0.15) is 5.10 Å². The molecule has 120 valence electrons. The van der Waals surface area contributed by atoms with Crippen LogP contribution in [-0.4, -0.2) is 45.1 Å². The second-order valence-electron chi connectivity index (χ2n) is 5.45. The third kappa shape index (κ3) is 6.48. The lowest BCUT2D eigenvalue weighted by atomic mass is 9.94. The number of esters is 1. The molecule has 0 aliphatic rings. The van der Waals surface area contributed by atoms with Crippen LogP contribution in [0.3, 0.4) is 0 Å². The third-order valence-electron chi connectivity index (χ3n) is 3.04. The number of H-pyrrole nitrogens is 1. The predicted molar refractivity (Wildman–Crippen MR) is 84.3 cm³/mol. The van der Waals surface area contributed by atoms with E-state index in [1.54, 1.807) is 11.8 Å². The van der Waals surface area contributed by atoms with Gasteiger partial charge in [0, 0.05) is 11.8 Å². The van der Waals surface area contributed by atoms with Gasteiger partial charge in [-0.15, -0.1) is 0 Å². The Balaban J connectivity index is 2.36. The van der Waals surface area contributed by atoms with E-state index in [1.807, 2.05) is 27.7 Å². The summed E-state index contributed by atoms with van der Waals surface area (Å²) in [5, 5.41) is 10.8. The minimum Gasteiger partial charge on any atom is -0.465 e. The number of unbranched alkanes of at least 4 members (excludes halogenated alkanes) is 1. The number of aromatic amines is 1. The average Bonchev–Trinajstić information content (AvgIpc) is 2.91. The molecular formula is C14H26N4O2S. The number of hydrogen-bond donors (Lipinski definition) is 2. The maximum absolute atomic E-state index is 12.1. The fourth-order valence-corrected chi connectivity index (χ4v) is 2.95. The van der Waals surface area contributed by atoms with Crippen LogP contribution in [0.2, 0.25) is 0 Å². The van der Waals surface area contributed by atoms with Crippen molar-refractivity contribution >= 4 is 17.7 Å². The van der Waals surface area contributed by atoms with Crippen molar-refractivity contribution in [3.8, 4) is 0 Å². The van der Waals surface area contributed by atoms with Crippen molar-refractivity contribution in [3.05, 3.63) is 6.33 Å². The monoisotopic (exact) mass is 314 g/mol. The van der Waals surface area contributed by atoms with E-state index in [1.165, 1.54) is 6.33 Å². The first-order valence-corrected chi connectivity index (χ1v) is 8.39. The van der Waals surface area contributed by atoms with Gasteiger partial charge in [0.2, 0.25) is 0 Å². The van der Waals surface area contributed by atoms with Crippen molar-refractivity contribution in [2.75, 3.05) is 12.4 Å². The summed E-state index contributed by atoms with van der Waals surface area (Å²) in [6.45, 7) is 8.25. The predicted octanol–water partition coefficient (Wildman–Crippen LogP) is 2.39. The zero-order valence-corrected chi connectivity index (χ0v) is 14.1. The maximum Gasteiger partial charge on any atom is 0.326 e. The first-order valence-electron chi connectivity index (χ1n) is 7.41. The number of nitrogens with one attached hydrogen (secondary N) is 2. The molecule has 0 saturated carbocycles. The summed E-state index contributed by atoms with van der Waals surface area (Å²) in [4.78, 5) is 16.2. The molecule has 0 radical (unpaired) electrons. The standard InChI is InChI=1S/C14H26N4O2S/c1-5-20-12(19)14(4,17-11(2)3)8-6-7-9-21-13-15-10-16-18-13/h10-11,17H,5-9H2,1-4H3,(H,15,16,18). The highest BCUT2D eigenvalue weighted by Gasteiger charge is 2.34.